The second kappa shape index (κ2) is 8.82. The number of anilines is 1. The molecule has 3 aromatic rings. The first-order valence-electron chi connectivity index (χ1n) is 9.49. The highest BCUT2D eigenvalue weighted by molar-refractivity contribution is 6.04. The quantitative estimate of drug-likeness (QED) is 0.631. The Balaban J connectivity index is 1.65. The van der Waals surface area contributed by atoms with E-state index in [2.05, 4.69) is 5.32 Å². The number of carbonyl (C=O) groups excluding carboxylic acids is 3. The summed E-state index contributed by atoms with van der Waals surface area (Å²) in [7, 11) is 1.30. The van der Waals surface area contributed by atoms with Crippen LogP contribution in [0.1, 0.15) is 27.0 Å². The van der Waals surface area contributed by atoms with Crippen LogP contribution in [0.2, 0.25) is 0 Å². The number of nitrogens with zero attached hydrogens (tertiary/aromatic N) is 1. The van der Waals surface area contributed by atoms with Crippen LogP contribution in [0.4, 0.5) is 5.69 Å². The molecule has 0 bridgehead atoms. The maximum atomic E-state index is 12.3. The van der Waals surface area contributed by atoms with Crippen molar-refractivity contribution in [2.75, 3.05) is 19.0 Å². The highest BCUT2D eigenvalue weighted by atomic mass is 16.5. The summed E-state index contributed by atoms with van der Waals surface area (Å²) in [6.07, 6.45) is 1.55. The Bertz CT molecular complexity index is 1110. The predicted molar refractivity (Wildman–Crippen MR) is 114 cm³/mol. The van der Waals surface area contributed by atoms with E-state index in [1.54, 1.807) is 29.0 Å². The molecule has 7 nitrogen and oxygen atoms in total. The van der Waals surface area contributed by atoms with Gasteiger partial charge in [0.15, 0.2) is 6.61 Å². The van der Waals surface area contributed by atoms with Crippen LogP contribution in [0, 0.1) is 20.8 Å². The van der Waals surface area contributed by atoms with E-state index < -0.39 is 24.5 Å². The highest BCUT2D eigenvalue weighted by Crippen LogP contribution is 2.23. The fourth-order valence-electron chi connectivity index (χ4n) is 3.53. The van der Waals surface area contributed by atoms with E-state index in [-0.39, 0.29) is 6.54 Å². The maximum absolute atomic E-state index is 12.3. The lowest BCUT2D eigenvalue weighted by Gasteiger charge is -2.13. The molecule has 0 atom stereocenters. The van der Waals surface area contributed by atoms with Crippen molar-refractivity contribution in [3.05, 3.63) is 64.8 Å². The van der Waals surface area contributed by atoms with Crippen molar-refractivity contribution in [1.82, 2.24) is 4.57 Å². The van der Waals surface area contributed by atoms with Crippen molar-refractivity contribution >= 4 is 34.4 Å². The number of rotatable bonds is 6. The van der Waals surface area contributed by atoms with E-state index in [4.69, 9.17) is 9.47 Å². The van der Waals surface area contributed by atoms with Crippen LogP contribution in [0.25, 0.3) is 10.9 Å². The Labute approximate surface area is 174 Å². The van der Waals surface area contributed by atoms with Gasteiger partial charge < -0.3 is 19.4 Å². The summed E-state index contributed by atoms with van der Waals surface area (Å²) >= 11 is 0. The Hall–Kier alpha value is -3.61. The second-order valence-electron chi connectivity index (χ2n) is 7.16. The average molecular weight is 408 g/mol. The third-order valence-corrected chi connectivity index (χ3v) is 4.80. The SMILES string of the molecule is COC(=O)c1cn(CC(=O)OCC(=O)Nc2c(C)cc(C)cc2C)c2ccccc12. The van der Waals surface area contributed by atoms with Crippen LogP contribution in [0.15, 0.2) is 42.6 Å². The van der Waals surface area contributed by atoms with Gasteiger partial charge in [-0.15, -0.1) is 0 Å². The summed E-state index contributed by atoms with van der Waals surface area (Å²) < 4.78 is 11.6. The standard InChI is InChI=1S/C23H24N2O5/c1-14-9-15(2)22(16(3)10-14)24-20(26)13-30-21(27)12-25-11-18(23(28)29-4)17-7-5-6-8-19(17)25/h5-11H,12-13H2,1-4H3,(H,24,26). The summed E-state index contributed by atoms with van der Waals surface area (Å²) in [6.45, 7) is 5.29. The van der Waals surface area contributed by atoms with Gasteiger partial charge in [-0.3, -0.25) is 9.59 Å². The van der Waals surface area contributed by atoms with E-state index in [1.807, 2.05) is 39.0 Å². The number of ether oxygens (including phenoxy) is 2. The van der Waals surface area contributed by atoms with E-state index in [9.17, 15) is 14.4 Å². The molecule has 0 saturated heterocycles. The zero-order valence-electron chi connectivity index (χ0n) is 17.4. The first-order chi connectivity index (χ1) is 14.3. The Morgan fingerprint density at radius 3 is 2.37 bits per heavy atom. The van der Waals surface area contributed by atoms with E-state index in [0.29, 0.717) is 16.5 Å². The van der Waals surface area contributed by atoms with Gasteiger partial charge in [-0.2, -0.15) is 0 Å². The topological polar surface area (TPSA) is 86.6 Å². The van der Waals surface area contributed by atoms with Crippen molar-refractivity contribution in [1.29, 1.82) is 0 Å². The maximum Gasteiger partial charge on any atom is 0.340 e. The monoisotopic (exact) mass is 408 g/mol. The number of amides is 1. The smallest absolute Gasteiger partial charge is 0.340 e. The molecule has 0 unspecified atom stereocenters. The fourth-order valence-corrected chi connectivity index (χ4v) is 3.53. The van der Waals surface area contributed by atoms with Crippen LogP contribution in [0.5, 0.6) is 0 Å². The molecule has 0 aliphatic rings. The van der Waals surface area contributed by atoms with E-state index >= 15 is 0 Å². The Kier molecular flexibility index (Phi) is 6.20. The van der Waals surface area contributed by atoms with Gasteiger partial charge in [0.25, 0.3) is 5.91 Å². The lowest BCUT2D eigenvalue weighted by Crippen LogP contribution is -2.23. The van der Waals surface area contributed by atoms with Gasteiger partial charge >= 0.3 is 11.9 Å². The molecule has 2 aromatic carbocycles. The van der Waals surface area contributed by atoms with Crippen LogP contribution in [-0.4, -0.2) is 36.1 Å². The summed E-state index contributed by atoms with van der Waals surface area (Å²) in [6, 6.07) is 11.1. The summed E-state index contributed by atoms with van der Waals surface area (Å²) in [5, 5.41) is 3.48. The largest absolute Gasteiger partial charge is 0.465 e. The van der Waals surface area contributed by atoms with Gasteiger partial charge in [-0.25, -0.2) is 4.79 Å². The number of nitrogens with one attached hydrogen (secondary N) is 1. The normalized spacial score (nSPS) is 10.7. The third kappa shape index (κ3) is 4.51. The van der Waals surface area contributed by atoms with Crippen molar-refractivity contribution in [2.45, 2.75) is 27.3 Å². The minimum absolute atomic E-state index is 0.132. The minimum Gasteiger partial charge on any atom is -0.465 e. The summed E-state index contributed by atoms with van der Waals surface area (Å²) in [5.41, 5.74) is 4.79. The predicted octanol–water partition coefficient (Wildman–Crippen LogP) is 3.54. The van der Waals surface area contributed by atoms with Gasteiger partial charge in [-0.05, 0) is 38.0 Å². The van der Waals surface area contributed by atoms with Crippen molar-refractivity contribution in [3.8, 4) is 0 Å². The number of benzene rings is 2. The van der Waals surface area contributed by atoms with Crippen LogP contribution in [-0.2, 0) is 25.6 Å². The zero-order chi connectivity index (χ0) is 21.8. The van der Waals surface area contributed by atoms with Crippen LogP contribution >= 0.6 is 0 Å². The molecule has 0 aliphatic carbocycles. The minimum atomic E-state index is -0.584. The number of carbonyl (C=O) groups is 3. The number of fused-ring (bicyclic) bond motifs is 1. The Morgan fingerprint density at radius 2 is 1.70 bits per heavy atom. The molecule has 0 aliphatic heterocycles. The third-order valence-electron chi connectivity index (χ3n) is 4.80. The van der Waals surface area contributed by atoms with Crippen LogP contribution in [0.3, 0.4) is 0 Å². The van der Waals surface area contributed by atoms with Crippen molar-refractivity contribution < 1.29 is 23.9 Å². The lowest BCUT2D eigenvalue weighted by atomic mass is 10.1. The molecule has 1 amide bonds. The number of aryl methyl sites for hydroxylation is 3. The molecular weight excluding hydrogens is 384 g/mol. The number of para-hydroxylation sites is 1. The molecule has 156 valence electrons. The molecule has 1 aromatic heterocycles. The van der Waals surface area contributed by atoms with Crippen molar-refractivity contribution in [2.24, 2.45) is 0 Å². The molecule has 1 heterocycles. The van der Waals surface area contributed by atoms with Gasteiger partial charge in [0.1, 0.15) is 6.54 Å². The number of aromatic nitrogens is 1. The molecule has 1 N–H and O–H groups in total. The fraction of sp³-hybridized carbons (Fsp3) is 0.261. The van der Waals surface area contributed by atoms with Gasteiger partial charge in [0.05, 0.1) is 12.7 Å². The van der Waals surface area contributed by atoms with Gasteiger partial charge in [0.2, 0.25) is 0 Å². The molecule has 3 rings (SSSR count). The van der Waals surface area contributed by atoms with E-state index in [1.165, 1.54) is 7.11 Å². The lowest BCUT2D eigenvalue weighted by molar-refractivity contribution is -0.147. The first kappa shape index (κ1) is 21.1. The molecule has 0 spiro atoms. The van der Waals surface area contributed by atoms with Crippen LogP contribution < -0.4 is 5.32 Å². The molecule has 0 fully saturated rings. The molecule has 7 heteroatoms. The summed E-state index contributed by atoms with van der Waals surface area (Å²) in [5.74, 6) is -1.48. The second-order valence-corrected chi connectivity index (χ2v) is 7.16. The summed E-state index contributed by atoms with van der Waals surface area (Å²) in [4.78, 5) is 36.5. The highest BCUT2D eigenvalue weighted by Gasteiger charge is 2.17. The Morgan fingerprint density at radius 1 is 1.03 bits per heavy atom. The van der Waals surface area contributed by atoms with E-state index in [0.717, 1.165) is 22.4 Å². The van der Waals surface area contributed by atoms with Gasteiger partial charge in [0, 0.05) is 22.8 Å². The number of esters is 2. The average Bonchev–Trinajstić information content (AvgIpc) is 3.07. The molecule has 0 saturated carbocycles. The zero-order valence-corrected chi connectivity index (χ0v) is 17.4. The molecule has 30 heavy (non-hydrogen) atoms. The van der Waals surface area contributed by atoms with Gasteiger partial charge in [-0.1, -0.05) is 35.9 Å². The number of methoxy groups -OCH3 is 1. The number of hydrogen-bond donors (Lipinski definition) is 1. The first-order valence-corrected chi connectivity index (χ1v) is 9.49. The number of hydrogen-bond acceptors (Lipinski definition) is 5. The van der Waals surface area contributed by atoms with Crippen molar-refractivity contribution in [3.63, 3.8) is 0 Å². The molecular formula is C23H24N2O5. The molecule has 0 radical (unpaired) electrons.